The average molecular weight is 446 g/mol. The standard InChI is InChI=1S/C26H24ClN3O2/c1-18-4-6-19(7-5-18)23-26(13-2-15-28,14-3-16-29)24-22(12-17-32-24)25(31)30(23)21-10-8-20(27)9-11-21/h4-11,23H,2-3,12-14,17H2,1H3. The minimum atomic E-state index is -0.667. The normalized spacial score (nSPS) is 19.2. The largest absolute Gasteiger partial charge is 0.496 e. The number of carbonyl (C=O) groups excluding carboxylic acids is 1. The van der Waals surface area contributed by atoms with Gasteiger partial charge in [-0.3, -0.25) is 4.79 Å². The molecule has 6 heteroatoms. The number of benzene rings is 2. The SMILES string of the molecule is Cc1ccc(C2N(c3ccc(Cl)cc3)C(=O)C3=C(OCC3)C2(CCC#N)CCC#N)cc1. The Morgan fingerprint density at radius 1 is 1.06 bits per heavy atom. The Morgan fingerprint density at radius 2 is 1.69 bits per heavy atom. The predicted molar refractivity (Wildman–Crippen MR) is 123 cm³/mol. The molecular weight excluding hydrogens is 422 g/mol. The molecule has 0 aliphatic carbocycles. The molecule has 1 unspecified atom stereocenters. The minimum absolute atomic E-state index is 0.0880. The van der Waals surface area contributed by atoms with Crippen molar-refractivity contribution in [2.24, 2.45) is 5.41 Å². The first-order chi connectivity index (χ1) is 15.5. The highest BCUT2D eigenvalue weighted by molar-refractivity contribution is 6.30. The van der Waals surface area contributed by atoms with Crippen molar-refractivity contribution < 1.29 is 9.53 Å². The molecule has 1 atom stereocenters. The van der Waals surface area contributed by atoms with Gasteiger partial charge < -0.3 is 9.64 Å². The summed E-state index contributed by atoms with van der Waals surface area (Å²) in [5.74, 6) is 0.582. The molecule has 0 radical (unpaired) electrons. The molecule has 0 aromatic heterocycles. The molecular formula is C26H24ClN3O2. The van der Waals surface area contributed by atoms with E-state index in [2.05, 4.69) is 12.1 Å². The van der Waals surface area contributed by atoms with E-state index in [0.717, 1.165) is 16.8 Å². The second-order valence-electron chi connectivity index (χ2n) is 8.34. The van der Waals surface area contributed by atoms with Crippen LogP contribution in [0.4, 0.5) is 5.69 Å². The molecule has 162 valence electrons. The van der Waals surface area contributed by atoms with Gasteiger partial charge in [-0.1, -0.05) is 41.4 Å². The van der Waals surface area contributed by atoms with E-state index >= 15 is 0 Å². The molecule has 0 N–H and O–H groups in total. The Morgan fingerprint density at radius 3 is 2.28 bits per heavy atom. The van der Waals surface area contributed by atoms with E-state index in [9.17, 15) is 15.3 Å². The van der Waals surface area contributed by atoms with Crippen molar-refractivity contribution in [2.45, 2.75) is 45.1 Å². The van der Waals surface area contributed by atoms with Gasteiger partial charge in [-0.05, 0) is 49.6 Å². The molecule has 4 rings (SSSR count). The fourth-order valence-corrected chi connectivity index (χ4v) is 5.13. The first-order valence-corrected chi connectivity index (χ1v) is 11.2. The number of rotatable bonds is 6. The minimum Gasteiger partial charge on any atom is -0.496 e. The van der Waals surface area contributed by atoms with Gasteiger partial charge in [-0.25, -0.2) is 0 Å². The average Bonchev–Trinajstić information content (AvgIpc) is 3.30. The number of anilines is 1. The molecule has 0 saturated heterocycles. The number of hydrogen-bond donors (Lipinski definition) is 0. The summed E-state index contributed by atoms with van der Waals surface area (Å²) in [5, 5.41) is 19.5. The molecule has 2 heterocycles. The van der Waals surface area contributed by atoms with Crippen LogP contribution >= 0.6 is 11.6 Å². The highest BCUT2D eigenvalue weighted by Gasteiger charge is 2.55. The summed E-state index contributed by atoms with van der Waals surface area (Å²) in [6.45, 7) is 2.46. The lowest BCUT2D eigenvalue weighted by molar-refractivity contribution is -0.117. The van der Waals surface area contributed by atoms with Crippen LogP contribution in [0.25, 0.3) is 0 Å². The van der Waals surface area contributed by atoms with Crippen LogP contribution in [0.2, 0.25) is 5.02 Å². The van der Waals surface area contributed by atoms with Crippen molar-refractivity contribution in [2.75, 3.05) is 11.5 Å². The number of halogens is 1. The first-order valence-electron chi connectivity index (χ1n) is 10.8. The lowest BCUT2D eigenvalue weighted by Crippen LogP contribution is -2.50. The van der Waals surface area contributed by atoms with Crippen LogP contribution in [0.3, 0.4) is 0 Å². The third kappa shape index (κ3) is 3.74. The number of nitriles is 2. The van der Waals surface area contributed by atoms with Crippen molar-refractivity contribution in [1.82, 2.24) is 0 Å². The van der Waals surface area contributed by atoms with E-state index in [1.54, 1.807) is 12.1 Å². The summed E-state index contributed by atoms with van der Waals surface area (Å²) >= 11 is 6.14. The lowest BCUT2D eigenvalue weighted by Gasteiger charge is -2.49. The number of hydrogen-bond acceptors (Lipinski definition) is 4. The zero-order valence-corrected chi connectivity index (χ0v) is 18.7. The molecule has 0 bridgehead atoms. The second kappa shape index (κ2) is 9.07. The van der Waals surface area contributed by atoms with Gasteiger partial charge >= 0.3 is 0 Å². The molecule has 2 aliphatic rings. The van der Waals surface area contributed by atoms with Crippen LogP contribution in [0.1, 0.15) is 49.3 Å². The van der Waals surface area contributed by atoms with Gasteiger partial charge in [-0.2, -0.15) is 10.5 Å². The van der Waals surface area contributed by atoms with Gasteiger partial charge in [0.1, 0.15) is 5.76 Å². The lowest BCUT2D eigenvalue weighted by atomic mass is 9.65. The van der Waals surface area contributed by atoms with E-state index in [4.69, 9.17) is 16.3 Å². The van der Waals surface area contributed by atoms with Crippen molar-refractivity contribution in [1.29, 1.82) is 10.5 Å². The monoisotopic (exact) mass is 445 g/mol. The quantitative estimate of drug-likeness (QED) is 0.545. The third-order valence-corrected chi connectivity index (χ3v) is 6.70. The number of ether oxygens (including phenoxy) is 1. The van der Waals surface area contributed by atoms with Crippen LogP contribution in [-0.4, -0.2) is 12.5 Å². The van der Waals surface area contributed by atoms with Crippen LogP contribution in [0.5, 0.6) is 0 Å². The summed E-state index contributed by atoms with van der Waals surface area (Å²) in [5.41, 5.74) is 2.79. The molecule has 0 fully saturated rings. The van der Waals surface area contributed by atoms with Gasteiger partial charge in [0.25, 0.3) is 5.91 Å². The molecule has 2 aromatic rings. The van der Waals surface area contributed by atoms with Crippen molar-refractivity contribution in [3.05, 3.63) is 76.0 Å². The molecule has 2 aliphatic heterocycles. The number of nitrogens with zero attached hydrogens (tertiary/aromatic N) is 3. The highest BCUT2D eigenvalue weighted by atomic mass is 35.5. The molecule has 0 saturated carbocycles. The van der Waals surface area contributed by atoms with Crippen LogP contribution in [0.15, 0.2) is 59.9 Å². The van der Waals surface area contributed by atoms with Crippen molar-refractivity contribution >= 4 is 23.2 Å². The zero-order valence-electron chi connectivity index (χ0n) is 18.0. The van der Waals surface area contributed by atoms with Gasteiger partial charge in [0.15, 0.2) is 0 Å². The van der Waals surface area contributed by atoms with Crippen LogP contribution < -0.4 is 4.90 Å². The molecule has 32 heavy (non-hydrogen) atoms. The van der Waals surface area contributed by atoms with E-state index in [1.807, 2.05) is 48.2 Å². The smallest absolute Gasteiger partial charge is 0.258 e. The number of carbonyl (C=O) groups is 1. The topological polar surface area (TPSA) is 77.1 Å². The Labute approximate surface area is 193 Å². The fourth-order valence-electron chi connectivity index (χ4n) is 5.01. The summed E-state index contributed by atoms with van der Waals surface area (Å²) < 4.78 is 6.11. The number of aryl methyl sites for hydroxylation is 1. The summed E-state index contributed by atoms with van der Waals surface area (Å²) in [6, 6.07) is 19.5. The molecule has 1 amide bonds. The first kappa shape index (κ1) is 21.9. The Balaban J connectivity index is 1.99. The van der Waals surface area contributed by atoms with E-state index in [0.29, 0.717) is 55.1 Å². The van der Waals surface area contributed by atoms with E-state index in [1.165, 1.54) is 0 Å². The molecule has 0 spiro atoms. The summed E-state index contributed by atoms with van der Waals surface area (Å²) in [7, 11) is 0. The zero-order chi connectivity index (χ0) is 22.7. The van der Waals surface area contributed by atoms with E-state index < -0.39 is 11.5 Å². The Hall–Kier alpha value is -3.28. The van der Waals surface area contributed by atoms with E-state index in [-0.39, 0.29) is 5.91 Å². The van der Waals surface area contributed by atoms with Gasteiger partial charge in [0, 0.05) is 30.0 Å². The van der Waals surface area contributed by atoms with Gasteiger partial charge in [0.2, 0.25) is 0 Å². The maximum Gasteiger partial charge on any atom is 0.258 e. The van der Waals surface area contributed by atoms with Gasteiger partial charge in [-0.15, -0.1) is 0 Å². The van der Waals surface area contributed by atoms with Crippen molar-refractivity contribution in [3.63, 3.8) is 0 Å². The third-order valence-electron chi connectivity index (χ3n) is 6.45. The molecule has 5 nitrogen and oxygen atoms in total. The highest BCUT2D eigenvalue weighted by Crippen LogP contribution is 2.58. The predicted octanol–water partition coefficient (Wildman–Crippen LogP) is 6.00. The number of amides is 1. The Bertz CT molecular complexity index is 1110. The van der Waals surface area contributed by atoms with Crippen molar-refractivity contribution in [3.8, 4) is 12.1 Å². The van der Waals surface area contributed by atoms with Gasteiger partial charge in [0.05, 0.1) is 35.8 Å². The maximum absolute atomic E-state index is 13.8. The van der Waals surface area contributed by atoms with Crippen LogP contribution in [0, 0.1) is 35.0 Å². The fraction of sp³-hybridized carbons (Fsp3) is 0.346. The second-order valence-corrected chi connectivity index (χ2v) is 8.78. The Kier molecular flexibility index (Phi) is 6.21. The summed E-state index contributed by atoms with van der Waals surface area (Å²) in [6.07, 6.45) is 2.13. The molecule has 2 aromatic carbocycles. The summed E-state index contributed by atoms with van der Waals surface area (Å²) in [4.78, 5) is 15.6. The maximum atomic E-state index is 13.8. The van der Waals surface area contributed by atoms with Crippen LogP contribution in [-0.2, 0) is 9.53 Å².